The van der Waals surface area contributed by atoms with E-state index in [9.17, 15) is 15.2 Å². The van der Waals surface area contributed by atoms with Gasteiger partial charge in [-0.2, -0.15) is 0 Å². The lowest BCUT2D eigenvalue weighted by Crippen LogP contribution is -2.45. The minimum absolute atomic E-state index is 0.0585. The lowest BCUT2D eigenvalue weighted by molar-refractivity contribution is -0.385. The third kappa shape index (κ3) is 2.05. The Hall–Kier alpha value is -1.33. The van der Waals surface area contributed by atoms with Crippen LogP contribution in [0.2, 0.25) is 5.02 Å². The smallest absolute Gasteiger partial charge is 0.273 e. The molecule has 2 aliphatic rings. The summed E-state index contributed by atoms with van der Waals surface area (Å²) in [6, 6.07) is 3.86. The van der Waals surface area contributed by atoms with Gasteiger partial charge in [0.2, 0.25) is 0 Å². The lowest BCUT2D eigenvalue weighted by atomic mass is 9.98. The van der Waals surface area contributed by atoms with Crippen molar-refractivity contribution in [3.05, 3.63) is 32.8 Å². The molecule has 0 radical (unpaired) electrons. The topological polar surface area (TPSA) is 66.6 Å². The molecule has 1 unspecified atom stereocenters. The number of anilines is 1. The molecule has 0 aromatic heterocycles. The van der Waals surface area contributed by atoms with E-state index >= 15 is 0 Å². The second-order valence-electron chi connectivity index (χ2n) is 5.72. The molecule has 2 bridgehead atoms. The van der Waals surface area contributed by atoms with Crippen molar-refractivity contribution >= 4 is 23.0 Å². The van der Waals surface area contributed by atoms with Crippen molar-refractivity contribution < 1.29 is 10.0 Å². The highest BCUT2D eigenvalue weighted by Crippen LogP contribution is 2.44. The van der Waals surface area contributed by atoms with Crippen LogP contribution >= 0.6 is 11.6 Å². The molecule has 2 heterocycles. The Labute approximate surface area is 122 Å². The Balaban J connectivity index is 2.00. The number of benzene rings is 1. The van der Waals surface area contributed by atoms with E-state index in [0.29, 0.717) is 22.7 Å². The second-order valence-corrected chi connectivity index (χ2v) is 6.10. The minimum atomic E-state index is -0.403. The van der Waals surface area contributed by atoms with Crippen LogP contribution in [0.15, 0.2) is 12.1 Å². The van der Waals surface area contributed by atoms with Crippen LogP contribution in [-0.4, -0.2) is 28.2 Å². The van der Waals surface area contributed by atoms with Gasteiger partial charge in [-0.25, -0.2) is 0 Å². The van der Waals surface area contributed by atoms with Crippen LogP contribution in [0.4, 0.5) is 11.4 Å². The zero-order valence-corrected chi connectivity index (χ0v) is 12.0. The quantitative estimate of drug-likeness (QED) is 0.673. The van der Waals surface area contributed by atoms with E-state index < -0.39 is 4.92 Å². The van der Waals surface area contributed by atoms with Gasteiger partial charge < -0.3 is 10.0 Å². The average molecular weight is 297 g/mol. The van der Waals surface area contributed by atoms with Crippen molar-refractivity contribution in [1.82, 2.24) is 0 Å². The minimum Gasteiger partial charge on any atom is -0.393 e. The molecule has 3 atom stereocenters. The molecule has 20 heavy (non-hydrogen) atoms. The van der Waals surface area contributed by atoms with Crippen molar-refractivity contribution in [2.24, 2.45) is 0 Å². The zero-order valence-electron chi connectivity index (χ0n) is 11.3. The number of hydrogen-bond acceptors (Lipinski definition) is 4. The summed E-state index contributed by atoms with van der Waals surface area (Å²) in [5.41, 5.74) is 1.44. The fourth-order valence-electron chi connectivity index (χ4n) is 3.60. The van der Waals surface area contributed by atoms with Gasteiger partial charge in [0.05, 0.1) is 21.7 Å². The summed E-state index contributed by atoms with van der Waals surface area (Å²) >= 11 is 6.36. The maximum atomic E-state index is 10.9. The molecule has 108 valence electrons. The standard InChI is InChI=1S/C14H17ClN2O3/c1-8-12(17(19)20)4-5-13(14(8)15)16-9-2-3-10(16)7-11(18)6-9/h4-5,9-11,18H,2-3,6-7H2,1H3/t9-,10+,11?. The van der Waals surface area contributed by atoms with Gasteiger partial charge in [-0.1, -0.05) is 11.6 Å². The highest BCUT2D eigenvalue weighted by atomic mass is 35.5. The van der Waals surface area contributed by atoms with Gasteiger partial charge in [-0.05, 0) is 38.7 Å². The van der Waals surface area contributed by atoms with Gasteiger partial charge >= 0.3 is 0 Å². The maximum absolute atomic E-state index is 10.9. The number of halogens is 1. The van der Waals surface area contributed by atoms with Crippen LogP contribution in [0.1, 0.15) is 31.2 Å². The van der Waals surface area contributed by atoms with E-state index in [1.807, 2.05) is 0 Å². The van der Waals surface area contributed by atoms with Crippen molar-refractivity contribution in [3.63, 3.8) is 0 Å². The Morgan fingerprint density at radius 2 is 1.95 bits per heavy atom. The first-order chi connectivity index (χ1) is 9.49. The first-order valence-electron chi connectivity index (χ1n) is 6.89. The molecular weight excluding hydrogens is 280 g/mol. The summed E-state index contributed by atoms with van der Waals surface area (Å²) in [7, 11) is 0. The van der Waals surface area contributed by atoms with E-state index in [1.54, 1.807) is 13.0 Å². The molecule has 2 aliphatic heterocycles. The number of piperidine rings is 1. The Morgan fingerprint density at radius 1 is 1.35 bits per heavy atom. The summed E-state index contributed by atoms with van der Waals surface area (Å²) in [6.07, 6.45) is 3.37. The fraction of sp³-hybridized carbons (Fsp3) is 0.571. The molecule has 0 aliphatic carbocycles. The highest BCUT2D eigenvalue weighted by molar-refractivity contribution is 6.34. The molecule has 0 saturated carbocycles. The van der Waals surface area contributed by atoms with E-state index in [0.717, 1.165) is 31.4 Å². The second kappa shape index (κ2) is 4.90. The molecular formula is C14H17ClN2O3. The van der Waals surface area contributed by atoms with Crippen LogP contribution in [0.3, 0.4) is 0 Å². The molecule has 1 aromatic carbocycles. The van der Waals surface area contributed by atoms with Crippen LogP contribution < -0.4 is 4.90 Å². The normalized spacial score (nSPS) is 28.8. The Kier molecular flexibility index (Phi) is 3.34. The molecule has 2 saturated heterocycles. The van der Waals surface area contributed by atoms with Gasteiger partial charge in [0, 0.05) is 23.7 Å². The van der Waals surface area contributed by atoms with Gasteiger partial charge in [0.1, 0.15) is 0 Å². The number of nitro groups is 1. The average Bonchev–Trinajstić information content (AvgIpc) is 2.65. The van der Waals surface area contributed by atoms with Crippen LogP contribution in [0.5, 0.6) is 0 Å². The summed E-state index contributed by atoms with van der Waals surface area (Å²) in [5, 5.41) is 21.3. The summed E-state index contributed by atoms with van der Waals surface area (Å²) in [6.45, 7) is 1.69. The van der Waals surface area contributed by atoms with E-state index in [-0.39, 0.29) is 11.8 Å². The van der Waals surface area contributed by atoms with Crippen molar-refractivity contribution in [2.75, 3.05) is 4.90 Å². The van der Waals surface area contributed by atoms with Gasteiger partial charge in [0.25, 0.3) is 5.69 Å². The van der Waals surface area contributed by atoms with Crippen LogP contribution in [-0.2, 0) is 0 Å². The zero-order chi connectivity index (χ0) is 14.4. The SMILES string of the molecule is Cc1c([N+](=O)[O-])ccc(N2[C@@H]3CC[C@H]2CC(O)C3)c1Cl. The first kappa shape index (κ1) is 13.6. The number of aliphatic hydroxyl groups excluding tert-OH is 1. The summed E-state index contributed by atoms with van der Waals surface area (Å²) in [4.78, 5) is 12.8. The Bertz CT molecular complexity index is 550. The monoisotopic (exact) mass is 296 g/mol. The number of nitrogens with zero attached hydrogens (tertiary/aromatic N) is 2. The number of hydrogen-bond donors (Lipinski definition) is 1. The van der Waals surface area contributed by atoms with Crippen molar-refractivity contribution in [2.45, 2.75) is 50.8 Å². The van der Waals surface area contributed by atoms with Crippen LogP contribution in [0, 0.1) is 17.0 Å². The highest BCUT2D eigenvalue weighted by Gasteiger charge is 2.41. The summed E-state index contributed by atoms with van der Waals surface area (Å²) in [5.74, 6) is 0. The maximum Gasteiger partial charge on any atom is 0.273 e. The van der Waals surface area contributed by atoms with Crippen molar-refractivity contribution in [3.8, 4) is 0 Å². The molecule has 0 spiro atoms. The van der Waals surface area contributed by atoms with Gasteiger partial charge in [-0.15, -0.1) is 0 Å². The largest absolute Gasteiger partial charge is 0.393 e. The van der Waals surface area contributed by atoms with Crippen LogP contribution in [0.25, 0.3) is 0 Å². The molecule has 1 N–H and O–H groups in total. The van der Waals surface area contributed by atoms with E-state index in [1.165, 1.54) is 6.07 Å². The molecule has 0 amide bonds. The fourth-order valence-corrected chi connectivity index (χ4v) is 3.86. The number of nitro benzene ring substituents is 1. The number of rotatable bonds is 2. The Morgan fingerprint density at radius 3 is 2.50 bits per heavy atom. The molecule has 3 rings (SSSR count). The molecule has 1 aromatic rings. The number of fused-ring (bicyclic) bond motifs is 2. The molecule has 5 nitrogen and oxygen atoms in total. The van der Waals surface area contributed by atoms with Gasteiger partial charge in [-0.3, -0.25) is 10.1 Å². The first-order valence-corrected chi connectivity index (χ1v) is 7.26. The molecule has 6 heteroatoms. The van der Waals surface area contributed by atoms with Crippen molar-refractivity contribution in [1.29, 1.82) is 0 Å². The third-order valence-corrected chi connectivity index (χ3v) is 5.00. The predicted octanol–water partition coefficient (Wildman–Crippen LogP) is 3.05. The third-order valence-electron chi connectivity index (χ3n) is 4.52. The molecule has 2 fully saturated rings. The predicted molar refractivity (Wildman–Crippen MR) is 77.4 cm³/mol. The summed E-state index contributed by atoms with van der Waals surface area (Å²) < 4.78 is 0. The lowest BCUT2D eigenvalue weighted by Gasteiger charge is -2.39. The number of aliphatic hydroxyl groups is 1. The van der Waals surface area contributed by atoms with Gasteiger partial charge in [0.15, 0.2) is 0 Å². The van der Waals surface area contributed by atoms with E-state index in [2.05, 4.69) is 4.90 Å². The van der Waals surface area contributed by atoms with E-state index in [4.69, 9.17) is 11.6 Å².